The van der Waals surface area contributed by atoms with Gasteiger partial charge in [-0.1, -0.05) is 24.3 Å². The van der Waals surface area contributed by atoms with E-state index < -0.39 is 0 Å². The summed E-state index contributed by atoms with van der Waals surface area (Å²) in [4.78, 5) is 0. The lowest BCUT2D eigenvalue weighted by atomic mass is 10.1. The first-order chi connectivity index (χ1) is 8.69. The van der Waals surface area contributed by atoms with Gasteiger partial charge in [-0.15, -0.1) is 0 Å². The molecule has 0 aliphatic rings. The third kappa shape index (κ3) is 3.04. The Morgan fingerprint density at radius 2 is 1.17 bits per heavy atom. The number of hydrogen-bond acceptors (Lipinski definition) is 2. The minimum Gasteiger partial charge on any atom is -0.497 e. The van der Waals surface area contributed by atoms with Gasteiger partial charge in [-0.2, -0.15) is 0 Å². The summed E-state index contributed by atoms with van der Waals surface area (Å²) in [6, 6.07) is 16.2. The van der Waals surface area contributed by atoms with Crippen LogP contribution in [0.15, 0.2) is 48.5 Å². The summed E-state index contributed by atoms with van der Waals surface area (Å²) in [6.45, 7) is 4.05. The molecule has 2 aromatic rings. The van der Waals surface area contributed by atoms with Crippen LogP contribution < -0.4 is 9.47 Å². The van der Waals surface area contributed by atoms with E-state index in [9.17, 15) is 0 Å². The van der Waals surface area contributed by atoms with Crippen LogP contribution in [0, 0.1) is 0 Å². The van der Waals surface area contributed by atoms with Gasteiger partial charge in [0, 0.05) is 0 Å². The van der Waals surface area contributed by atoms with Crippen LogP contribution in [0.2, 0.25) is 0 Å². The lowest BCUT2D eigenvalue weighted by molar-refractivity contribution is 0.242. The molecule has 0 spiro atoms. The normalized spacial score (nSPS) is 10.4. The van der Waals surface area contributed by atoms with Gasteiger partial charge in [0.25, 0.3) is 0 Å². The summed E-state index contributed by atoms with van der Waals surface area (Å²) in [5.41, 5.74) is 2.35. The van der Waals surface area contributed by atoms with Crippen LogP contribution in [0.5, 0.6) is 11.5 Å². The fourth-order valence-electron chi connectivity index (χ4n) is 1.78. The molecular formula is C16H18O2. The van der Waals surface area contributed by atoms with Gasteiger partial charge in [0.1, 0.15) is 11.5 Å². The Labute approximate surface area is 108 Å². The minimum absolute atomic E-state index is 0.205. The second kappa shape index (κ2) is 5.58. The molecule has 2 aromatic carbocycles. The molecule has 0 heterocycles. The van der Waals surface area contributed by atoms with Gasteiger partial charge in [-0.3, -0.25) is 0 Å². The first-order valence-electron chi connectivity index (χ1n) is 6.10. The second-order valence-corrected chi connectivity index (χ2v) is 4.42. The van der Waals surface area contributed by atoms with Gasteiger partial charge in [0.05, 0.1) is 13.2 Å². The second-order valence-electron chi connectivity index (χ2n) is 4.42. The molecule has 18 heavy (non-hydrogen) atoms. The highest BCUT2D eigenvalue weighted by Gasteiger charge is 2.00. The Bertz CT molecular complexity index is 484. The van der Waals surface area contributed by atoms with Crippen LogP contribution in [-0.2, 0) is 0 Å². The lowest BCUT2D eigenvalue weighted by Crippen LogP contribution is -2.05. The van der Waals surface area contributed by atoms with E-state index in [2.05, 4.69) is 24.3 Å². The third-order valence-corrected chi connectivity index (χ3v) is 2.65. The maximum absolute atomic E-state index is 5.62. The largest absolute Gasteiger partial charge is 0.497 e. The molecule has 0 amide bonds. The molecule has 0 atom stereocenters. The molecule has 94 valence electrons. The van der Waals surface area contributed by atoms with Crippen LogP contribution >= 0.6 is 0 Å². The zero-order valence-corrected chi connectivity index (χ0v) is 11.0. The molecule has 0 aromatic heterocycles. The Kier molecular flexibility index (Phi) is 3.88. The van der Waals surface area contributed by atoms with Crippen molar-refractivity contribution in [1.82, 2.24) is 0 Å². The van der Waals surface area contributed by atoms with Crippen molar-refractivity contribution < 1.29 is 9.47 Å². The first-order valence-corrected chi connectivity index (χ1v) is 6.10. The van der Waals surface area contributed by atoms with E-state index >= 15 is 0 Å². The van der Waals surface area contributed by atoms with Gasteiger partial charge in [0.2, 0.25) is 0 Å². The molecule has 0 N–H and O–H groups in total. The number of methoxy groups -OCH3 is 1. The molecule has 0 saturated heterocycles. The molecule has 0 saturated carbocycles. The highest BCUT2D eigenvalue weighted by atomic mass is 16.5. The van der Waals surface area contributed by atoms with Crippen molar-refractivity contribution in [3.63, 3.8) is 0 Å². The Morgan fingerprint density at radius 3 is 1.56 bits per heavy atom. The topological polar surface area (TPSA) is 18.5 Å². The van der Waals surface area contributed by atoms with E-state index in [1.54, 1.807) is 7.11 Å². The SMILES string of the molecule is COc1ccc(-c2ccc(OC(C)C)cc2)cc1. The fraction of sp³-hybridized carbons (Fsp3) is 0.250. The summed E-state index contributed by atoms with van der Waals surface area (Å²) < 4.78 is 10.8. The lowest BCUT2D eigenvalue weighted by Gasteiger charge is -2.10. The number of ether oxygens (including phenoxy) is 2. The summed E-state index contributed by atoms with van der Waals surface area (Å²) >= 11 is 0. The molecular weight excluding hydrogens is 224 g/mol. The van der Waals surface area contributed by atoms with Crippen molar-refractivity contribution in [2.45, 2.75) is 20.0 Å². The molecule has 0 aliphatic carbocycles. The van der Waals surface area contributed by atoms with Crippen LogP contribution in [-0.4, -0.2) is 13.2 Å². The monoisotopic (exact) mass is 242 g/mol. The predicted molar refractivity (Wildman–Crippen MR) is 74.2 cm³/mol. The molecule has 0 aliphatic heterocycles. The van der Waals surface area contributed by atoms with E-state index in [0.717, 1.165) is 11.5 Å². The maximum Gasteiger partial charge on any atom is 0.119 e. The molecule has 0 unspecified atom stereocenters. The van der Waals surface area contributed by atoms with Crippen LogP contribution in [0.1, 0.15) is 13.8 Å². The van der Waals surface area contributed by atoms with Crippen LogP contribution in [0.3, 0.4) is 0 Å². The van der Waals surface area contributed by atoms with Gasteiger partial charge < -0.3 is 9.47 Å². The molecule has 2 heteroatoms. The predicted octanol–water partition coefficient (Wildman–Crippen LogP) is 4.15. The molecule has 2 rings (SSSR count). The Balaban J connectivity index is 2.17. The van der Waals surface area contributed by atoms with Crippen molar-refractivity contribution in [1.29, 1.82) is 0 Å². The van der Waals surface area contributed by atoms with Crippen LogP contribution in [0.4, 0.5) is 0 Å². The van der Waals surface area contributed by atoms with Crippen molar-refractivity contribution in [2.24, 2.45) is 0 Å². The summed E-state index contributed by atoms with van der Waals surface area (Å²) in [7, 11) is 1.67. The summed E-state index contributed by atoms with van der Waals surface area (Å²) in [6.07, 6.45) is 0.205. The quantitative estimate of drug-likeness (QED) is 0.801. The number of rotatable bonds is 4. The maximum atomic E-state index is 5.62. The average molecular weight is 242 g/mol. The van der Waals surface area contributed by atoms with Crippen molar-refractivity contribution in [3.05, 3.63) is 48.5 Å². The fourth-order valence-corrected chi connectivity index (χ4v) is 1.78. The van der Waals surface area contributed by atoms with E-state index in [0.29, 0.717) is 0 Å². The molecule has 0 fully saturated rings. The zero-order chi connectivity index (χ0) is 13.0. The van der Waals surface area contributed by atoms with E-state index in [1.807, 2.05) is 38.1 Å². The van der Waals surface area contributed by atoms with E-state index in [1.165, 1.54) is 11.1 Å². The first kappa shape index (κ1) is 12.5. The van der Waals surface area contributed by atoms with Gasteiger partial charge >= 0.3 is 0 Å². The van der Waals surface area contributed by atoms with Crippen molar-refractivity contribution >= 4 is 0 Å². The summed E-state index contributed by atoms with van der Waals surface area (Å²) in [5, 5.41) is 0. The van der Waals surface area contributed by atoms with Crippen molar-refractivity contribution in [2.75, 3.05) is 7.11 Å². The third-order valence-electron chi connectivity index (χ3n) is 2.65. The molecule has 0 radical (unpaired) electrons. The van der Waals surface area contributed by atoms with Gasteiger partial charge in [-0.05, 0) is 49.2 Å². The van der Waals surface area contributed by atoms with E-state index in [4.69, 9.17) is 9.47 Å². The molecule has 2 nitrogen and oxygen atoms in total. The standard InChI is InChI=1S/C16H18O2/c1-12(2)18-16-10-6-14(7-11-16)13-4-8-15(17-3)9-5-13/h4-12H,1-3H3. The zero-order valence-electron chi connectivity index (χ0n) is 11.0. The summed E-state index contributed by atoms with van der Waals surface area (Å²) in [5.74, 6) is 1.78. The number of hydrogen-bond donors (Lipinski definition) is 0. The van der Waals surface area contributed by atoms with Crippen molar-refractivity contribution in [3.8, 4) is 22.6 Å². The highest BCUT2D eigenvalue weighted by molar-refractivity contribution is 5.64. The number of benzene rings is 2. The van der Waals surface area contributed by atoms with E-state index in [-0.39, 0.29) is 6.10 Å². The van der Waals surface area contributed by atoms with Gasteiger partial charge in [0.15, 0.2) is 0 Å². The smallest absolute Gasteiger partial charge is 0.119 e. The minimum atomic E-state index is 0.205. The Morgan fingerprint density at radius 1 is 0.722 bits per heavy atom. The molecule has 0 bridgehead atoms. The Hall–Kier alpha value is -1.96. The van der Waals surface area contributed by atoms with Crippen LogP contribution in [0.25, 0.3) is 11.1 Å². The average Bonchev–Trinajstić information content (AvgIpc) is 2.39. The van der Waals surface area contributed by atoms with Gasteiger partial charge in [-0.25, -0.2) is 0 Å². The highest BCUT2D eigenvalue weighted by Crippen LogP contribution is 2.24.